The molecule has 204 valence electrons. The van der Waals surface area contributed by atoms with Gasteiger partial charge in [0.05, 0.1) is 28.9 Å². The highest BCUT2D eigenvalue weighted by molar-refractivity contribution is 6.33. The molecule has 0 bridgehead atoms. The summed E-state index contributed by atoms with van der Waals surface area (Å²) >= 11 is 6.09. The predicted octanol–water partition coefficient (Wildman–Crippen LogP) is 4.46. The number of likely N-dealkylation sites (tertiary alicyclic amines) is 1. The van der Waals surface area contributed by atoms with Crippen LogP contribution in [0.25, 0.3) is 10.9 Å². The van der Waals surface area contributed by atoms with Crippen LogP contribution in [0, 0.1) is 5.92 Å². The Kier molecular flexibility index (Phi) is 9.53. The lowest BCUT2D eigenvalue weighted by Crippen LogP contribution is -2.31. The van der Waals surface area contributed by atoms with Crippen LogP contribution in [0.4, 0.5) is 5.69 Å². The molecule has 1 aliphatic rings. The number of nitrogens with zero attached hydrogens (tertiary/aromatic N) is 2. The molecule has 0 unspecified atom stereocenters. The number of nitrogens with one attached hydrogen (secondary N) is 2. The van der Waals surface area contributed by atoms with Crippen LogP contribution in [-0.4, -0.2) is 61.1 Å². The molecule has 1 aliphatic heterocycles. The molecule has 0 aliphatic carbocycles. The van der Waals surface area contributed by atoms with E-state index < -0.39 is 0 Å². The lowest BCUT2D eigenvalue weighted by atomic mass is 10.1. The quantitative estimate of drug-likeness (QED) is 0.233. The van der Waals surface area contributed by atoms with Gasteiger partial charge in [0.2, 0.25) is 0 Å². The van der Waals surface area contributed by atoms with E-state index in [0.29, 0.717) is 41.0 Å². The number of halogens is 1. The summed E-state index contributed by atoms with van der Waals surface area (Å²) in [6, 6.07) is 11.1. The maximum atomic E-state index is 12.7. The van der Waals surface area contributed by atoms with Crippen LogP contribution in [0.15, 0.2) is 42.6 Å². The van der Waals surface area contributed by atoms with Crippen LogP contribution in [0.2, 0.25) is 5.02 Å². The zero-order valence-electron chi connectivity index (χ0n) is 22.3. The van der Waals surface area contributed by atoms with Crippen LogP contribution in [-0.2, 0) is 7.05 Å². The number of amides is 2. The van der Waals surface area contributed by atoms with Crippen molar-refractivity contribution in [2.45, 2.75) is 32.1 Å². The van der Waals surface area contributed by atoms with Gasteiger partial charge < -0.3 is 30.6 Å². The van der Waals surface area contributed by atoms with Gasteiger partial charge in [-0.3, -0.25) is 9.59 Å². The average Bonchev–Trinajstić information content (AvgIpc) is 3.52. The van der Waals surface area contributed by atoms with E-state index in [4.69, 9.17) is 22.1 Å². The van der Waals surface area contributed by atoms with Gasteiger partial charge in [0.1, 0.15) is 5.75 Å². The fourth-order valence-corrected chi connectivity index (χ4v) is 5.33. The summed E-state index contributed by atoms with van der Waals surface area (Å²) < 4.78 is 7.28. The Balaban J connectivity index is 1.09. The molecule has 4 rings (SSSR count). The molecule has 1 atom stereocenters. The molecule has 3 aromatic rings. The minimum Gasteiger partial charge on any atom is -0.496 e. The Morgan fingerprint density at radius 1 is 1.08 bits per heavy atom. The van der Waals surface area contributed by atoms with Crippen molar-refractivity contribution in [1.82, 2.24) is 20.1 Å². The first-order valence-corrected chi connectivity index (χ1v) is 13.7. The van der Waals surface area contributed by atoms with E-state index in [1.54, 1.807) is 12.1 Å². The second kappa shape index (κ2) is 13.0. The molecule has 0 saturated carbocycles. The molecule has 9 heteroatoms. The Morgan fingerprint density at radius 2 is 1.84 bits per heavy atom. The third kappa shape index (κ3) is 6.79. The Bertz CT molecular complexity index is 1270. The van der Waals surface area contributed by atoms with Gasteiger partial charge in [0, 0.05) is 49.8 Å². The molecular weight excluding hydrogens is 502 g/mol. The Labute approximate surface area is 229 Å². The number of nitrogen functional groups attached to an aromatic ring is 1. The van der Waals surface area contributed by atoms with Crippen molar-refractivity contribution in [2.24, 2.45) is 13.0 Å². The van der Waals surface area contributed by atoms with Crippen LogP contribution in [0.5, 0.6) is 5.75 Å². The van der Waals surface area contributed by atoms with Gasteiger partial charge >= 0.3 is 0 Å². The number of carbonyl (C=O) groups excluding carboxylic acids is 2. The van der Waals surface area contributed by atoms with Crippen LogP contribution >= 0.6 is 11.6 Å². The standard InChI is InChI=1S/C29H38ClN5O3/c1-34-19-23(21-9-5-6-10-26(21)34)29(37)32-12-7-3-4-8-13-35-14-11-20(18-35)17-33-28(36)22-15-24(30)25(31)16-27(22)38-2/h5-6,9-10,15-16,19-20H,3-4,7-8,11-14,17-18,31H2,1-2H3,(H,32,37)(H,33,36)/t20-/m1/s1. The summed E-state index contributed by atoms with van der Waals surface area (Å²) in [5.74, 6) is 0.647. The predicted molar refractivity (Wildman–Crippen MR) is 153 cm³/mol. The van der Waals surface area contributed by atoms with E-state index in [1.165, 1.54) is 7.11 Å². The summed E-state index contributed by atoms with van der Waals surface area (Å²) in [6.07, 6.45) is 7.31. The number of fused-ring (bicyclic) bond motifs is 1. The zero-order valence-corrected chi connectivity index (χ0v) is 23.0. The second-order valence-electron chi connectivity index (χ2n) is 10.1. The average molecular weight is 540 g/mol. The molecule has 38 heavy (non-hydrogen) atoms. The number of aromatic nitrogens is 1. The van der Waals surface area contributed by atoms with Crippen molar-refractivity contribution < 1.29 is 14.3 Å². The Hall–Kier alpha value is -3.23. The highest BCUT2D eigenvalue weighted by Gasteiger charge is 2.23. The highest BCUT2D eigenvalue weighted by atomic mass is 35.5. The maximum Gasteiger partial charge on any atom is 0.255 e. The van der Waals surface area contributed by atoms with Gasteiger partial charge in [0.15, 0.2) is 0 Å². The van der Waals surface area contributed by atoms with Crippen molar-refractivity contribution >= 4 is 40.0 Å². The monoisotopic (exact) mass is 539 g/mol. The van der Waals surface area contributed by atoms with Crippen LogP contribution < -0.4 is 21.1 Å². The zero-order chi connectivity index (χ0) is 27.1. The number of aryl methyl sites for hydroxylation is 1. The summed E-state index contributed by atoms with van der Waals surface area (Å²) in [5, 5.41) is 7.43. The number of anilines is 1. The van der Waals surface area contributed by atoms with E-state index >= 15 is 0 Å². The Morgan fingerprint density at radius 3 is 2.66 bits per heavy atom. The summed E-state index contributed by atoms with van der Waals surface area (Å²) in [7, 11) is 3.48. The van der Waals surface area contributed by atoms with Crippen LogP contribution in [0.3, 0.4) is 0 Å². The molecule has 1 aromatic heterocycles. The van der Waals surface area contributed by atoms with Crippen molar-refractivity contribution in [2.75, 3.05) is 45.6 Å². The van der Waals surface area contributed by atoms with Gasteiger partial charge in [-0.2, -0.15) is 0 Å². The minimum absolute atomic E-state index is 0.00469. The number of unbranched alkanes of at least 4 members (excludes halogenated alkanes) is 3. The van der Waals surface area contributed by atoms with Crippen LogP contribution in [0.1, 0.15) is 52.8 Å². The van der Waals surface area contributed by atoms with Crippen molar-refractivity contribution in [3.63, 3.8) is 0 Å². The molecule has 4 N–H and O–H groups in total. The summed E-state index contributed by atoms with van der Waals surface area (Å²) in [5.41, 5.74) is 8.40. The van der Waals surface area contributed by atoms with E-state index in [2.05, 4.69) is 15.5 Å². The van der Waals surface area contributed by atoms with Gasteiger partial charge in [-0.25, -0.2) is 0 Å². The number of carbonyl (C=O) groups is 2. The first-order chi connectivity index (χ1) is 18.4. The number of hydrogen-bond donors (Lipinski definition) is 3. The molecule has 0 radical (unpaired) electrons. The third-order valence-corrected chi connectivity index (χ3v) is 7.64. The number of ether oxygens (including phenoxy) is 1. The van der Waals surface area contributed by atoms with E-state index in [0.717, 1.165) is 68.2 Å². The maximum absolute atomic E-state index is 12.7. The lowest BCUT2D eigenvalue weighted by molar-refractivity contribution is 0.0939. The minimum atomic E-state index is -0.199. The number of hydrogen-bond acceptors (Lipinski definition) is 5. The molecule has 2 amide bonds. The fraction of sp³-hybridized carbons (Fsp3) is 0.448. The van der Waals surface area contributed by atoms with Gasteiger partial charge in [-0.1, -0.05) is 42.6 Å². The number of para-hydroxylation sites is 1. The molecule has 1 saturated heterocycles. The van der Waals surface area contributed by atoms with E-state index in [1.807, 2.05) is 42.1 Å². The van der Waals surface area contributed by atoms with Gasteiger partial charge in [-0.05, 0) is 50.4 Å². The number of methoxy groups -OCH3 is 1. The van der Waals surface area contributed by atoms with E-state index in [-0.39, 0.29) is 11.8 Å². The molecule has 2 heterocycles. The third-order valence-electron chi connectivity index (χ3n) is 7.31. The first kappa shape index (κ1) is 27.8. The van der Waals surface area contributed by atoms with E-state index in [9.17, 15) is 9.59 Å². The largest absolute Gasteiger partial charge is 0.496 e. The second-order valence-corrected chi connectivity index (χ2v) is 10.5. The van der Waals surface area contributed by atoms with Crippen molar-refractivity contribution in [3.8, 4) is 5.75 Å². The number of benzene rings is 2. The summed E-state index contributed by atoms with van der Waals surface area (Å²) in [6.45, 7) is 4.42. The van der Waals surface area contributed by atoms with Crippen molar-refractivity contribution in [1.29, 1.82) is 0 Å². The molecule has 1 fully saturated rings. The molecule has 2 aromatic carbocycles. The summed E-state index contributed by atoms with van der Waals surface area (Å²) in [4.78, 5) is 27.8. The first-order valence-electron chi connectivity index (χ1n) is 13.3. The van der Waals surface area contributed by atoms with Crippen molar-refractivity contribution in [3.05, 3.63) is 58.7 Å². The van der Waals surface area contributed by atoms with Gasteiger partial charge in [0.25, 0.3) is 11.8 Å². The number of rotatable bonds is 12. The lowest BCUT2D eigenvalue weighted by Gasteiger charge is -2.17. The normalized spacial score (nSPS) is 15.6. The highest BCUT2D eigenvalue weighted by Crippen LogP contribution is 2.29. The van der Waals surface area contributed by atoms with Gasteiger partial charge in [-0.15, -0.1) is 0 Å². The smallest absolute Gasteiger partial charge is 0.255 e. The molecule has 0 spiro atoms. The number of nitrogens with two attached hydrogens (primary N) is 1. The topological polar surface area (TPSA) is 102 Å². The SMILES string of the molecule is COc1cc(N)c(Cl)cc1C(=O)NC[C@H]1CCN(CCCCCCNC(=O)c2cn(C)c3ccccc23)C1. The molecule has 8 nitrogen and oxygen atoms in total. The fourth-order valence-electron chi connectivity index (χ4n) is 5.16. The molecular formula is C29H38ClN5O3.